The molecule has 0 radical (unpaired) electrons. The number of carbonyl (C=O) groups excluding carboxylic acids is 2. The van der Waals surface area contributed by atoms with Crippen LogP contribution in [0, 0.1) is 0 Å². The van der Waals surface area contributed by atoms with Crippen molar-refractivity contribution in [1.82, 2.24) is 5.32 Å². The van der Waals surface area contributed by atoms with E-state index < -0.39 is 5.97 Å². The number of rotatable bonds is 5. The number of ether oxygens (including phenoxy) is 1. The molecule has 1 fully saturated rings. The number of fused-ring (bicyclic) bond motifs is 3. The van der Waals surface area contributed by atoms with Gasteiger partial charge in [-0.15, -0.1) is 0 Å². The van der Waals surface area contributed by atoms with E-state index in [0.29, 0.717) is 5.76 Å². The molecular formula is C25H25NO3. The Morgan fingerprint density at radius 3 is 2.62 bits per heavy atom. The fourth-order valence-electron chi connectivity index (χ4n) is 3.95. The monoisotopic (exact) mass is 387 g/mol. The van der Waals surface area contributed by atoms with Gasteiger partial charge < -0.3 is 10.1 Å². The Bertz CT molecular complexity index is 1100. The Morgan fingerprint density at radius 2 is 1.76 bits per heavy atom. The molecule has 2 aromatic carbocycles. The molecule has 0 unspecified atom stereocenters. The fraction of sp³-hybridized carbons (Fsp3) is 0.280. The quantitative estimate of drug-likeness (QED) is 0.802. The molecule has 0 heterocycles. The zero-order valence-electron chi connectivity index (χ0n) is 16.4. The normalized spacial score (nSPS) is 21.3. The van der Waals surface area contributed by atoms with Gasteiger partial charge >= 0.3 is 5.97 Å². The summed E-state index contributed by atoms with van der Waals surface area (Å²) in [4.78, 5) is 24.4. The molecule has 1 saturated carbocycles. The zero-order chi connectivity index (χ0) is 20.1. The number of benzene rings is 2. The van der Waals surface area contributed by atoms with Crippen LogP contribution in [0.25, 0.3) is 22.9 Å². The van der Waals surface area contributed by atoms with Crippen LogP contribution in [-0.4, -0.2) is 17.9 Å². The van der Waals surface area contributed by atoms with Crippen molar-refractivity contribution in [2.75, 3.05) is 0 Å². The van der Waals surface area contributed by atoms with Crippen LogP contribution in [0.15, 0.2) is 60.4 Å². The topological polar surface area (TPSA) is 55.4 Å². The largest absolute Gasteiger partial charge is 0.426 e. The average Bonchev–Trinajstić information content (AvgIpc) is 3.21. The third kappa shape index (κ3) is 4.83. The summed E-state index contributed by atoms with van der Waals surface area (Å²) in [6.07, 6.45) is 14.1. The second-order valence-electron chi connectivity index (χ2n) is 7.58. The summed E-state index contributed by atoms with van der Waals surface area (Å²) >= 11 is 0. The van der Waals surface area contributed by atoms with E-state index in [2.05, 4.69) is 29.6 Å². The van der Waals surface area contributed by atoms with Gasteiger partial charge in [0.05, 0.1) is 6.42 Å². The summed E-state index contributed by atoms with van der Waals surface area (Å²) in [5.74, 6) is 0.0114. The third-order valence-corrected chi connectivity index (χ3v) is 5.45. The van der Waals surface area contributed by atoms with Crippen LogP contribution in [0.4, 0.5) is 0 Å². The summed E-state index contributed by atoms with van der Waals surface area (Å²) < 4.78 is 5.57. The van der Waals surface area contributed by atoms with E-state index in [1.807, 2.05) is 36.4 Å². The molecule has 0 atom stereocenters. The molecule has 4 rings (SSSR count). The Kier molecular flexibility index (Phi) is 5.89. The van der Waals surface area contributed by atoms with Gasteiger partial charge in [-0.25, -0.2) is 0 Å². The molecule has 0 saturated heterocycles. The lowest BCUT2D eigenvalue weighted by Gasteiger charge is -2.11. The molecule has 2 aliphatic rings. The molecule has 1 N–H and O–H groups in total. The van der Waals surface area contributed by atoms with Crippen LogP contribution < -0.4 is 15.8 Å². The van der Waals surface area contributed by atoms with E-state index in [4.69, 9.17) is 4.74 Å². The SMILES string of the molecule is O=C(CCC(=O)OC1=C/C=C\C=c2\ccc3ccccc3\c2=C\1)NC1CCCC1. The molecule has 148 valence electrons. The molecule has 0 aliphatic heterocycles. The van der Waals surface area contributed by atoms with Gasteiger partial charge in [-0.1, -0.05) is 67.5 Å². The van der Waals surface area contributed by atoms with Crippen molar-refractivity contribution in [2.45, 2.75) is 44.6 Å². The predicted octanol–water partition coefficient (Wildman–Crippen LogP) is 3.24. The summed E-state index contributed by atoms with van der Waals surface area (Å²) in [6.45, 7) is 0. The van der Waals surface area contributed by atoms with Gasteiger partial charge in [-0.05, 0) is 46.2 Å². The van der Waals surface area contributed by atoms with Crippen LogP contribution >= 0.6 is 0 Å². The molecule has 1 amide bonds. The molecule has 2 aliphatic carbocycles. The van der Waals surface area contributed by atoms with Crippen molar-refractivity contribution >= 4 is 34.8 Å². The van der Waals surface area contributed by atoms with Gasteiger partial charge in [0.15, 0.2) is 0 Å². The minimum Gasteiger partial charge on any atom is -0.426 e. The first-order chi connectivity index (χ1) is 14.2. The highest BCUT2D eigenvalue weighted by Gasteiger charge is 2.18. The number of carbonyl (C=O) groups is 2. The first-order valence-corrected chi connectivity index (χ1v) is 10.3. The number of esters is 1. The summed E-state index contributed by atoms with van der Waals surface area (Å²) in [6, 6.07) is 12.6. The second-order valence-corrected chi connectivity index (χ2v) is 7.58. The Hall–Kier alpha value is -3.14. The van der Waals surface area contributed by atoms with E-state index in [-0.39, 0.29) is 24.8 Å². The Balaban J connectivity index is 1.47. The van der Waals surface area contributed by atoms with Gasteiger partial charge in [0, 0.05) is 12.5 Å². The van der Waals surface area contributed by atoms with Crippen molar-refractivity contribution in [3.63, 3.8) is 0 Å². The maximum Gasteiger partial charge on any atom is 0.311 e. The lowest BCUT2D eigenvalue weighted by atomic mass is 10.0. The maximum atomic E-state index is 12.3. The van der Waals surface area contributed by atoms with E-state index in [0.717, 1.165) is 46.9 Å². The van der Waals surface area contributed by atoms with Crippen LogP contribution in [0.3, 0.4) is 0 Å². The van der Waals surface area contributed by atoms with E-state index >= 15 is 0 Å². The van der Waals surface area contributed by atoms with Crippen molar-refractivity contribution < 1.29 is 14.3 Å². The predicted molar refractivity (Wildman–Crippen MR) is 115 cm³/mol. The molecule has 29 heavy (non-hydrogen) atoms. The highest BCUT2D eigenvalue weighted by molar-refractivity contribution is 5.85. The van der Waals surface area contributed by atoms with Gasteiger partial charge in [0.1, 0.15) is 5.76 Å². The number of hydrogen-bond acceptors (Lipinski definition) is 3. The molecule has 2 aromatic rings. The van der Waals surface area contributed by atoms with Crippen LogP contribution in [0.2, 0.25) is 0 Å². The van der Waals surface area contributed by atoms with Crippen LogP contribution in [-0.2, 0) is 14.3 Å². The fourth-order valence-corrected chi connectivity index (χ4v) is 3.95. The van der Waals surface area contributed by atoms with Crippen molar-refractivity contribution in [2.24, 2.45) is 0 Å². The number of nitrogens with one attached hydrogen (secondary N) is 1. The first-order valence-electron chi connectivity index (χ1n) is 10.3. The van der Waals surface area contributed by atoms with Gasteiger partial charge in [0.25, 0.3) is 0 Å². The molecule has 4 heteroatoms. The van der Waals surface area contributed by atoms with Crippen molar-refractivity contribution in [3.05, 3.63) is 70.8 Å². The Morgan fingerprint density at radius 1 is 0.966 bits per heavy atom. The highest BCUT2D eigenvalue weighted by Crippen LogP contribution is 2.17. The third-order valence-electron chi connectivity index (χ3n) is 5.45. The first kappa shape index (κ1) is 19.2. The van der Waals surface area contributed by atoms with Crippen LogP contribution in [0.5, 0.6) is 0 Å². The maximum absolute atomic E-state index is 12.3. The Labute approximate surface area is 170 Å². The summed E-state index contributed by atoms with van der Waals surface area (Å²) in [5.41, 5.74) is 0. The molecule has 0 bridgehead atoms. The van der Waals surface area contributed by atoms with E-state index in [1.165, 1.54) is 0 Å². The standard InChI is InChI=1S/C25H25NO3/c27-24(26-20-9-3-4-10-20)15-16-25(28)29-21-11-5-1-8-19-14-13-18-7-2-6-12-22(18)23(19)17-21/h1-2,5-8,11-14,17,20H,3-4,9-10,15-16H2,(H,26,27)/b5-1-,8-1?,11-5?,19-8-,21-11+,21-17?,23-17+. The molecular weight excluding hydrogens is 362 g/mol. The van der Waals surface area contributed by atoms with E-state index in [1.54, 1.807) is 6.08 Å². The number of amides is 1. The second kappa shape index (κ2) is 8.91. The van der Waals surface area contributed by atoms with Gasteiger partial charge in [-0.3, -0.25) is 9.59 Å². The zero-order valence-corrected chi connectivity index (χ0v) is 16.4. The molecule has 0 aromatic heterocycles. The molecule has 4 nitrogen and oxygen atoms in total. The lowest BCUT2D eigenvalue weighted by molar-refractivity contribution is -0.140. The van der Waals surface area contributed by atoms with Crippen LogP contribution in [0.1, 0.15) is 38.5 Å². The highest BCUT2D eigenvalue weighted by atomic mass is 16.5. The minimum atomic E-state index is -0.395. The lowest BCUT2D eigenvalue weighted by Crippen LogP contribution is -2.32. The average molecular weight is 387 g/mol. The minimum absolute atomic E-state index is 0.0714. The smallest absolute Gasteiger partial charge is 0.311 e. The van der Waals surface area contributed by atoms with Gasteiger partial charge in [0.2, 0.25) is 5.91 Å². The number of hydrogen-bond donors (Lipinski definition) is 1. The molecule has 0 spiro atoms. The van der Waals surface area contributed by atoms with Gasteiger partial charge in [-0.2, -0.15) is 0 Å². The van der Waals surface area contributed by atoms with Crippen molar-refractivity contribution in [3.8, 4) is 0 Å². The van der Waals surface area contributed by atoms with E-state index in [9.17, 15) is 9.59 Å². The van der Waals surface area contributed by atoms with Crippen molar-refractivity contribution in [1.29, 1.82) is 0 Å². The summed E-state index contributed by atoms with van der Waals surface area (Å²) in [7, 11) is 0. The number of allylic oxidation sites excluding steroid dienone is 4. The summed E-state index contributed by atoms with van der Waals surface area (Å²) in [5, 5.41) is 7.33.